The van der Waals surface area contributed by atoms with Crippen LogP contribution in [-0.4, -0.2) is 68.4 Å². The second-order valence-electron chi connectivity index (χ2n) is 5.21. The third-order valence-corrected chi connectivity index (χ3v) is 3.06. The maximum absolute atomic E-state index is 12.1. The Kier molecular flexibility index (Phi) is 10.4. The fourth-order valence-electron chi connectivity index (χ4n) is 1.71. The molecule has 0 fully saturated rings. The zero-order valence-electron chi connectivity index (χ0n) is 14.0. The van der Waals surface area contributed by atoms with Gasteiger partial charge in [0, 0.05) is 33.5 Å². The number of rotatable bonds is 11. The van der Waals surface area contributed by atoms with Gasteiger partial charge in [0.15, 0.2) is 0 Å². The topological polar surface area (TPSA) is 112 Å². The summed E-state index contributed by atoms with van der Waals surface area (Å²) in [5.74, 6) is -2.15. The second-order valence-corrected chi connectivity index (χ2v) is 5.21. The smallest absolute Gasteiger partial charge is 0.326 e. The highest BCUT2D eigenvalue weighted by atomic mass is 16.5. The van der Waals surface area contributed by atoms with Gasteiger partial charge in [0.2, 0.25) is 0 Å². The van der Waals surface area contributed by atoms with Gasteiger partial charge in [0.25, 0.3) is 5.91 Å². The number of carbonyl (C=O) groups is 2. The molecular formula is C15H25N3O5. The standard InChI is InChI=1S/C15H25N3O5/c1-11(2)13(15(20)21)17-14(19)12(9-16)10-18(5-7-22-3)6-8-23-4/h10-11,13H,5-8H2,1-4H3,(H,17,19)(H,20,21)/b12-10-. The summed E-state index contributed by atoms with van der Waals surface area (Å²) >= 11 is 0. The van der Waals surface area contributed by atoms with E-state index in [1.807, 2.05) is 0 Å². The molecule has 0 aliphatic rings. The zero-order valence-corrected chi connectivity index (χ0v) is 14.0. The molecule has 2 N–H and O–H groups in total. The molecule has 1 atom stereocenters. The SMILES string of the molecule is COCCN(/C=C(/C#N)C(=O)NC(C(=O)O)C(C)C)CCOC. The highest BCUT2D eigenvalue weighted by molar-refractivity contribution is 5.99. The van der Waals surface area contributed by atoms with E-state index in [0.29, 0.717) is 26.3 Å². The van der Waals surface area contributed by atoms with Crippen molar-refractivity contribution in [3.05, 3.63) is 11.8 Å². The molecule has 0 aromatic heterocycles. The van der Waals surface area contributed by atoms with Crippen LogP contribution in [0.3, 0.4) is 0 Å². The molecule has 0 aliphatic carbocycles. The highest BCUT2D eigenvalue weighted by Crippen LogP contribution is 2.05. The van der Waals surface area contributed by atoms with E-state index in [4.69, 9.17) is 14.6 Å². The van der Waals surface area contributed by atoms with Crippen molar-refractivity contribution >= 4 is 11.9 Å². The number of carboxylic acid groups (broad SMARTS) is 1. The molecule has 0 spiro atoms. The first-order valence-corrected chi connectivity index (χ1v) is 7.24. The first kappa shape index (κ1) is 20.9. The molecule has 8 heteroatoms. The third-order valence-electron chi connectivity index (χ3n) is 3.06. The largest absolute Gasteiger partial charge is 0.480 e. The molecule has 0 aromatic rings. The van der Waals surface area contributed by atoms with Crippen molar-refractivity contribution in [2.45, 2.75) is 19.9 Å². The summed E-state index contributed by atoms with van der Waals surface area (Å²) in [5, 5.41) is 20.6. The molecule has 130 valence electrons. The monoisotopic (exact) mass is 327 g/mol. The van der Waals surface area contributed by atoms with Crippen molar-refractivity contribution in [3.63, 3.8) is 0 Å². The van der Waals surface area contributed by atoms with Crippen LogP contribution < -0.4 is 5.32 Å². The summed E-state index contributed by atoms with van der Waals surface area (Å²) in [6.07, 6.45) is 1.40. The second kappa shape index (κ2) is 11.5. The van der Waals surface area contributed by atoms with Gasteiger partial charge in [-0.05, 0) is 5.92 Å². The van der Waals surface area contributed by atoms with Gasteiger partial charge in [-0.3, -0.25) is 4.79 Å². The molecule has 8 nitrogen and oxygen atoms in total. The number of nitrogens with one attached hydrogen (secondary N) is 1. The Balaban J connectivity index is 5.07. The number of carbonyl (C=O) groups excluding carboxylic acids is 1. The maximum Gasteiger partial charge on any atom is 0.326 e. The van der Waals surface area contributed by atoms with Crippen LogP contribution in [-0.2, 0) is 19.1 Å². The van der Waals surface area contributed by atoms with Crippen LogP contribution in [0.4, 0.5) is 0 Å². The van der Waals surface area contributed by atoms with Gasteiger partial charge in [-0.2, -0.15) is 5.26 Å². The minimum atomic E-state index is -1.14. The molecular weight excluding hydrogens is 302 g/mol. The van der Waals surface area contributed by atoms with Crippen molar-refractivity contribution in [2.75, 3.05) is 40.5 Å². The highest BCUT2D eigenvalue weighted by Gasteiger charge is 2.25. The van der Waals surface area contributed by atoms with Gasteiger partial charge in [0.05, 0.1) is 13.2 Å². The van der Waals surface area contributed by atoms with E-state index < -0.39 is 17.9 Å². The Morgan fingerprint density at radius 1 is 1.26 bits per heavy atom. The molecule has 0 radical (unpaired) electrons. The van der Waals surface area contributed by atoms with Gasteiger partial charge in [0.1, 0.15) is 17.7 Å². The summed E-state index contributed by atoms with van der Waals surface area (Å²) in [7, 11) is 3.10. The van der Waals surface area contributed by atoms with Crippen LogP contribution in [0, 0.1) is 17.2 Å². The third kappa shape index (κ3) is 8.18. The van der Waals surface area contributed by atoms with E-state index >= 15 is 0 Å². The molecule has 0 heterocycles. The van der Waals surface area contributed by atoms with Gasteiger partial charge < -0.3 is 24.8 Å². The number of aliphatic carboxylic acids is 1. The molecule has 1 amide bonds. The van der Waals surface area contributed by atoms with Crippen molar-refractivity contribution in [3.8, 4) is 6.07 Å². The maximum atomic E-state index is 12.1. The number of methoxy groups -OCH3 is 2. The number of hydrogen-bond acceptors (Lipinski definition) is 6. The average molecular weight is 327 g/mol. The van der Waals surface area contributed by atoms with Crippen LogP contribution in [0.15, 0.2) is 11.8 Å². The van der Waals surface area contributed by atoms with E-state index in [2.05, 4.69) is 5.32 Å². The van der Waals surface area contributed by atoms with Gasteiger partial charge >= 0.3 is 5.97 Å². The summed E-state index contributed by atoms with van der Waals surface area (Å²) in [5.41, 5.74) is -0.163. The lowest BCUT2D eigenvalue weighted by atomic mass is 10.0. The summed E-state index contributed by atoms with van der Waals surface area (Å²) < 4.78 is 9.97. The van der Waals surface area contributed by atoms with Crippen molar-refractivity contribution < 1.29 is 24.2 Å². The predicted octanol–water partition coefficient (Wildman–Crippen LogP) is 0.214. The lowest BCUT2D eigenvalue weighted by Crippen LogP contribution is -2.45. The zero-order chi connectivity index (χ0) is 17.8. The summed E-state index contributed by atoms with van der Waals surface area (Å²) in [6.45, 7) is 5.15. The predicted molar refractivity (Wildman–Crippen MR) is 83.4 cm³/mol. The Hall–Kier alpha value is -2.11. The fraction of sp³-hybridized carbons (Fsp3) is 0.667. The normalized spacial score (nSPS) is 12.6. The molecule has 0 saturated carbocycles. The Bertz CT molecular complexity index is 449. The van der Waals surface area contributed by atoms with Gasteiger partial charge in [-0.1, -0.05) is 13.8 Å². The average Bonchev–Trinajstić information content (AvgIpc) is 2.50. The fourth-order valence-corrected chi connectivity index (χ4v) is 1.71. The number of ether oxygens (including phenoxy) is 2. The van der Waals surface area contributed by atoms with E-state index in [9.17, 15) is 14.9 Å². The van der Waals surface area contributed by atoms with Crippen LogP contribution >= 0.6 is 0 Å². The Labute approximate surface area is 136 Å². The van der Waals surface area contributed by atoms with E-state index in [-0.39, 0.29) is 11.5 Å². The lowest BCUT2D eigenvalue weighted by Gasteiger charge is -2.21. The molecule has 0 saturated heterocycles. The van der Waals surface area contributed by atoms with E-state index in [1.165, 1.54) is 6.20 Å². The van der Waals surface area contributed by atoms with Crippen LogP contribution in [0.25, 0.3) is 0 Å². The molecule has 0 aliphatic heterocycles. The number of nitriles is 1. The van der Waals surface area contributed by atoms with Crippen LogP contribution in [0.2, 0.25) is 0 Å². The number of hydrogen-bond donors (Lipinski definition) is 2. The molecule has 23 heavy (non-hydrogen) atoms. The molecule has 1 unspecified atom stereocenters. The molecule has 0 rings (SSSR count). The van der Waals surface area contributed by atoms with Crippen LogP contribution in [0.1, 0.15) is 13.8 Å². The van der Waals surface area contributed by atoms with Gasteiger partial charge in [-0.15, -0.1) is 0 Å². The molecule has 0 bridgehead atoms. The molecule has 0 aromatic carbocycles. The van der Waals surface area contributed by atoms with Crippen molar-refractivity contribution in [1.29, 1.82) is 5.26 Å². The quantitative estimate of drug-likeness (QED) is 0.412. The van der Waals surface area contributed by atoms with Crippen molar-refractivity contribution in [1.82, 2.24) is 10.2 Å². The van der Waals surface area contributed by atoms with Gasteiger partial charge in [-0.25, -0.2) is 4.79 Å². The Morgan fingerprint density at radius 3 is 2.13 bits per heavy atom. The minimum Gasteiger partial charge on any atom is -0.480 e. The van der Waals surface area contributed by atoms with Crippen LogP contribution in [0.5, 0.6) is 0 Å². The summed E-state index contributed by atoms with van der Waals surface area (Å²) in [4.78, 5) is 25.0. The number of amides is 1. The number of carboxylic acids is 1. The lowest BCUT2D eigenvalue weighted by molar-refractivity contribution is -0.142. The number of nitrogens with zero attached hydrogens (tertiary/aromatic N) is 2. The van der Waals surface area contributed by atoms with E-state index in [1.54, 1.807) is 39.0 Å². The minimum absolute atomic E-state index is 0.163. The van der Waals surface area contributed by atoms with E-state index in [0.717, 1.165) is 0 Å². The summed E-state index contributed by atoms with van der Waals surface area (Å²) in [6, 6.07) is 0.751. The Morgan fingerprint density at radius 2 is 1.78 bits per heavy atom. The first-order valence-electron chi connectivity index (χ1n) is 7.24. The first-order chi connectivity index (χ1) is 10.9. The van der Waals surface area contributed by atoms with Crippen molar-refractivity contribution in [2.24, 2.45) is 5.92 Å².